The summed E-state index contributed by atoms with van der Waals surface area (Å²) in [5.74, 6) is 0. The van der Waals surface area contributed by atoms with Crippen molar-refractivity contribution in [2.75, 3.05) is 0 Å². The Morgan fingerprint density at radius 3 is 1.96 bits per heavy atom. The maximum absolute atomic E-state index is 4.74. The number of nitrogens with one attached hydrogen (secondary N) is 1. The second-order valence-electron chi connectivity index (χ2n) is 7.48. The van der Waals surface area contributed by atoms with Gasteiger partial charge in [-0.25, -0.2) is 4.98 Å². The number of pyridine rings is 1. The summed E-state index contributed by atoms with van der Waals surface area (Å²) in [5, 5.41) is 2.58. The molecule has 4 aromatic rings. The van der Waals surface area contributed by atoms with E-state index in [0.717, 1.165) is 11.2 Å². The number of nitrogens with zero attached hydrogens (tertiary/aromatic N) is 1. The van der Waals surface area contributed by atoms with Crippen molar-refractivity contribution >= 4 is 24.4 Å². The van der Waals surface area contributed by atoms with E-state index in [1.807, 2.05) is 12.3 Å². The SMILES string of the molecule is C[Si](C)(C)c1[nH]c2ncc(-c3ccccc3)cc2c1-c1ccccc1. The minimum absolute atomic E-state index is 0.982. The van der Waals surface area contributed by atoms with Gasteiger partial charge in [0.2, 0.25) is 0 Å². The highest BCUT2D eigenvalue weighted by molar-refractivity contribution is 6.89. The lowest BCUT2D eigenvalue weighted by atomic mass is 10.0. The fraction of sp³-hybridized carbons (Fsp3) is 0.136. The molecule has 0 saturated carbocycles. The minimum atomic E-state index is -1.54. The number of benzene rings is 2. The van der Waals surface area contributed by atoms with Crippen molar-refractivity contribution in [3.8, 4) is 22.3 Å². The highest BCUT2D eigenvalue weighted by Gasteiger charge is 2.25. The van der Waals surface area contributed by atoms with Gasteiger partial charge in [-0.2, -0.15) is 0 Å². The predicted molar refractivity (Wildman–Crippen MR) is 110 cm³/mol. The Morgan fingerprint density at radius 2 is 1.36 bits per heavy atom. The van der Waals surface area contributed by atoms with Gasteiger partial charge in [-0.3, -0.25) is 0 Å². The lowest BCUT2D eigenvalue weighted by Crippen LogP contribution is -2.39. The zero-order valence-electron chi connectivity index (χ0n) is 14.9. The molecule has 0 fully saturated rings. The molecule has 2 nitrogen and oxygen atoms in total. The van der Waals surface area contributed by atoms with Crippen LogP contribution in [0.15, 0.2) is 72.9 Å². The zero-order valence-corrected chi connectivity index (χ0v) is 15.9. The molecule has 0 aliphatic heterocycles. The molecule has 25 heavy (non-hydrogen) atoms. The van der Waals surface area contributed by atoms with Crippen LogP contribution in [0.1, 0.15) is 0 Å². The van der Waals surface area contributed by atoms with Crippen molar-refractivity contribution in [2.45, 2.75) is 19.6 Å². The van der Waals surface area contributed by atoms with Crippen LogP contribution in [0, 0.1) is 0 Å². The van der Waals surface area contributed by atoms with E-state index in [0.29, 0.717) is 0 Å². The Balaban J connectivity index is 2.01. The first-order valence-electron chi connectivity index (χ1n) is 8.67. The zero-order chi connectivity index (χ0) is 17.4. The van der Waals surface area contributed by atoms with E-state index < -0.39 is 8.07 Å². The van der Waals surface area contributed by atoms with Crippen molar-refractivity contribution in [2.24, 2.45) is 0 Å². The monoisotopic (exact) mass is 342 g/mol. The van der Waals surface area contributed by atoms with Crippen LogP contribution in [0.4, 0.5) is 0 Å². The second-order valence-corrected chi connectivity index (χ2v) is 12.5. The molecule has 0 aliphatic carbocycles. The highest BCUT2D eigenvalue weighted by Crippen LogP contribution is 2.31. The molecule has 0 saturated heterocycles. The summed E-state index contributed by atoms with van der Waals surface area (Å²) in [6.45, 7) is 7.13. The molecule has 2 aromatic carbocycles. The molecular weight excluding hydrogens is 320 g/mol. The number of rotatable bonds is 3. The summed E-state index contributed by atoms with van der Waals surface area (Å²) in [7, 11) is -1.54. The molecule has 4 rings (SSSR count). The third-order valence-electron chi connectivity index (χ3n) is 4.57. The van der Waals surface area contributed by atoms with Gasteiger partial charge >= 0.3 is 0 Å². The van der Waals surface area contributed by atoms with Crippen molar-refractivity contribution in [1.82, 2.24) is 9.97 Å². The van der Waals surface area contributed by atoms with Crippen LogP contribution in [0.2, 0.25) is 19.6 Å². The third-order valence-corrected chi connectivity index (χ3v) is 6.45. The fourth-order valence-corrected chi connectivity index (χ4v) is 4.85. The maximum atomic E-state index is 4.74. The summed E-state index contributed by atoms with van der Waals surface area (Å²) >= 11 is 0. The van der Waals surface area contributed by atoms with Crippen LogP contribution in [0.25, 0.3) is 33.3 Å². The van der Waals surface area contributed by atoms with E-state index in [1.165, 1.54) is 27.4 Å². The van der Waals surface area contributed by atoms with Crippen LogP contribution >= 0.6 is 0 Å². The van der Waals surface area contributed by atoms with E-state index >= 15 is 0 Å². The van der Waals surface area contributed by atoms with Crippen LogP contribution in [0.5, 0.6) is 0 Å². The topological polar surface area (TPSA) is 28.7 Å². The van der Waals surface area contributed by atoms with Crippen LogP contribution < -0.4 is 5.32 Å². The summed E-state index contributed by atoms with van der Waals surface area (Å²) in [4.78, 5) is 8.38. The predicted octanol–water partition coefficient (Wildman–Crippen LogP) is 5.44. The highest BCUT2D eigenvalue weighted by atomic mass is 28.3. The van der Waals surface area contributed by atoms with Crippen LogP contribution in [-0.2, 0) is 0 Å². The molecule has 3 heteroatoms. The third kappa shape index (κ3) is 2.92. The summed E-state index contributed by atoms with van der Waals surface area (Å²) in [5.41, 5.74) is 5.92. The first kappa shape index (κ1) is 15.9. The Labute approximate surface area is 149 Å². The van der Waals surface area contributed by atoms with Crippen molar-refractivity contribution in [1.29, 1.82) is 0 Å². The van der Waals surface area contributed by atoms with Crippen molar-refractivity contribution < 1.29 is 0 Å². The molecule has 2 aromatic heterocycles. The van der Waals surface area contributed by atoms with E-state index in [9.17, 15) is 0 Å². The first-order chi connectivity index (χ1) is 12.0. The molecule has 0 bridgehead atoms. The van der Waals surface area contributed by atoms with Gasteiger partial charge in [-0.1, -0.05) is 80.3 Å². The maximum Gasteiger partial charge on any atom is 0.137 e. The van der Waals surface area contributed by atoms with Crippen LogP contribution in [0.3, 0.4) is 0 Å². The molecule has 0 unspecified atom stereocenters. The van der Waals surface area contributed by atoms with Crippen molar-refractivity contribution in [3.63, 3.8) is 0 Å². The molecule has 0 spiro atoms. The van der Waals surface area contributed by atoms with Gasteiger partial charge in [0.15, 0.2) is 0 Å². The van der Waals surface area contributed by atoms with Crippen LogP contribution in [-0.4, -0.2) is 18.0 Å². The van der Waals surface area contributed by atoms with Gasteiger partial charge in [0.05, 0.1) is 8.07 Å². The van der Waals surface area contributed by atoms with E-state index in [4.69, 9.17) is 4.98 Å². The van der Waals surface area contributed by atoms with Gasteiger partial charge in [-0.15, -0.1) is 0 Å². The quantitative estimate of drug-likeness (QED) is 0.493. The van der Waals surface area contributed by atoms with Gasteiger partial charge in [0.25, 0.3) is 0 Å². The second kappa shape index (κ2) is 6.01. The van der Waals surface area contributed by atoms with Gasteiger partial charge in [0.1, 0.15) is 5.65 Å². The largest absolute Gasteiger partial charge is 0.347 e. The Kier molecular flexibility index (Phi) is 3.81. The smallest absolute Gasteiger partial charge is 0.137 e. The number of aromatic amines is 1. The number of hydrogen-bond acceptors (Lipinski definition) is 1. The molecule has 0 radical (unpaired) electrons. The molecule has 0 atom stereocenters. The van der Waals surface area contributed by atoms with E-state index in [1.54, 1.807) is 0 Å². The number of hydrogen-bond donors (Lipinski definition) is 1. The number of aromatic nitrogens is 2. The summed E-state index contributed by atoms with van der Waals surface area (Å²) in [6, 6.07) is 23.4. The van der Waals surface area contributed by atoms with Crippen molar-refractivity contribution in [3.05, 3.63) is 72.9 Å². The lowest BCUT2D eigenvalue weighted by molar-refractivity contribution is 1.34. The van der Waals surface area contributed by atoms with E-state index in [-0.39, 0.29) is 0 Å². The average Bonchev–Trinajstić information content (AvgIpc) is 3.02. The first-order valence-corrected chi connectivity index (χ1v) is 12.2. The Morgan fingerprint density at radius 1 is 0.760 bits per heavy atom. The molecule has 0 aliphatic rings. The minimum Gasteiger partial charge on any atom is -0.347 e. The normalized spacial score (nSPS) is 11.8. The molecular formula is C22H22N2Si. The van der Waals surface area contributed by atoms with Gasteiger partial charge in [0, 0.05) is 28.0 Å². The van der Waals surface area contributed by atoms with E-state index in [2.05, 4.69) is 85.3 Å². The average molecular weight is 343 g/mol. The Bertz CT molecular complexity index is 1010. The lowest BCUT2D eigenvalue weighted by Gasteiger charge is -2.17. The molecule has 1 N–H and O–H groups in total. The van der Waals surface area contributed by atoms with Gasteiger partial charge in [-0.05, 0) is 17.2 Å². The summed E-state index contributed by atoms with van der Waals surface area (Å²) < 4.78 is 0. The molecule has 2 heterocycles. The number of H-pyrrole nitrogens is 1. The molecule has 0 amide bonds. The van der Waals surface area contributed by atoms with Gasteiger partial charge < -0.3 is 4.98 Å². The molecule has 124 valence electrons. The standard InChI is InChI=1S/C22H22N2Si/c1-25(2,3)22-20(17-12-8-5-9-13-17)19-14-18(15-23-21(19)24-22)16-10-6-4-7-11-16/h4-15H,1-3H3,(H,23,24). The summed E-state index contributed by atoms with van der Waals surface area (Å²) in [6.07, 6.45) is 1.97. The Hall–Kier alpha value is -2.65. The fourth-order valence-electron chi connectivity index (χ4n) is 3.33. The number of fused-ring (bicyclic) bond motifs is 1.